The van der Waals surface area contributed by atoms with Gasteiger partial charge in [-0.2, -0.15) is 0 Å². The van der Waals surface area contributed by atoms with Crippen LogP contribution >= 0.6 is 0 Å². The highest BCUT2D eigenvalue weighted by molar-refractivity contribution is 5.92. The lowest BCUT2D eigenvalue weighted by Crippen LogP contribution is -2.53. The summed E-state index contributed by atoms with van der Waals surface area (Å²) < 4.78 is 5.56. The Morgan fingerprint density at radius 1 is 1.18 bits per heavy atom. The van der Waals surface area contributed by atoms with Crippen molar-refractivity contribution in [3.05, 3.63) is 30.3 Å². The molecule has 3 N–H and O–H groups in total. The molecular weight excluding hydrogens is 276 g/mol. The number of hydrogen-bond donors (Lipinski definition) is 2. The van der Waals surface area contributed by atoms with Crippen LogP contribution in [0.25, 0.3) is 0 Å². The van der Waals surface area contributed by atoms with Gasteiger partial charge in [0.25, 0.3) is 0 Å². The summed E-state index contributed by atoms with van der Waals surface area (Å²) in [6.07, 6.45) is 4.69. The van der Waals surface area contributed by atoms with Crippen LogP contribution in [-0.2, 0) is 4.74 Å². The highest BCUT2D eigenvalue weighted by Crippen LogP contribution is 2.31. The number of hydrogen-bond acceptors (Lipinski definition) is 3. The molecular formula is C17H26N4O. The monoisotopic (exact) mass is 302 g/mol. The summed E-state index contributed by atoms with van der Waals surface area (Å²) in [5, 5.41) is 3.17. The summed E-state index contributed by atoms with van der Waals surface area (Å²) in [6, 6.07) is 9.95. The molecule has 0 aromatic heterocycles. The Labute approximate surface area is 132 Å². The van der Waals surface area contributed by atoms with Crippen molar-refractivity contribution in [2.24, 2.45) is 10.7 Å². The second-order valence-corrected chi connectivity index (χ2v) is 6.22. The highest BCUT2D eigenvalue weighted by atomic mass is 16.5. The molecule has 0 unspecified atom stereocenters. The minimum absolute atomic E-state index is 0.137. The van der Waals surface area contributed by atoms with E-state index in [4.69, 9.17) is 10.5 Å². The van der Waals surface area contributed by atoms with Crippen LogP contribution in [0.5, 0.6) is 0 Å². The zero-order valence-electron chi connectivity index (χ0n) is 13.1. The molecule has 0 radical (unpaired) electrons. The number of guanidine groups is 1. The van der Waals surface area contributed by atoms with Crippen molar-refractivity contribution < 1.29 is 4.74 Å². The second kappa shape index (κ2) is 7.11. The van der Waals surface area contributed by atoms with Gasteiger partial charge in [-0.15, -0.1) is 0 Å². The first-order valence-electron chi connectivity index (χ1n) is 8.23. The molecule has 0 bridgehead atoms. The van der Waals surface area contributed by atoms with E-state index in [1.807, 2.05) is 30.3 Å². The molecule has 0 aliphatic carbocycles. The van der Waals surface area contributed by atoms with E-state index < -0.39 is 0 Å². The molecule has 0 spiro atoms. The van der Waals surface area contributed by atoms with Gasteiger partial charge in [0, 0.05) is 24.4 Å². The van der Waals surface area contributed by atoms with Crippen LogP contribution in [0.2, 0.25) is 0 Å². The van der Waals surface area contributed by atoms with Crippen molar-refractivity contribution in [3.63, 3.8) is 0 Å². The largest absolute Gasteiger partial charge is 0.381 e. The van der Waals surface area contributed by atoms with E-state index in [0.29, 0.717) is 5.96 Å². The van der Waals surface area contributed by atoms with Crippen LogP contribution in [0.4, 0.5) is 5.69 Å². The maximum absolute atomic E-state index is 6.07. The van der Waals surface area contributed by atoms with E-state index >= 15 is 0 Å². The molecule has 2 aliphatic heterocycles. The van der Waals surface area contributed by atoms with Crippen molar-refractivity contribution in [2.45, 2.75) is 31.2 Å². The Bertz CT molecular complexity index is 491. The quantitative estimate of drug-likeness (QED) is 0.660. The number of ether oxygens (including phenoxy) is 1. The Balaban J connectivity index is 1.66. The fraction of sp³-hybridized carbons (Fsp3) is 0.588. The van der Waals surface area contributed by atoms with E-state index in [2.05, 4.69) is 15.2 Å². The Morgan fingerprint density at radius 3 is 2.55 bits per heavy atom. The topological polar surface area (TPSA) is 62.9 Å². The number of nitrogens with zero attached hydrogens (tertiary/aromatic N) is 2. The molecule has 22 heavy (non-hydrogen) atoms. The standard InChI is InChI=1S/C17H26N4O/c18-16(20-15-6-2-1-3-7-15)19-14-17(8-12-22-13-9-17)21-10-4-5-11-21/h1-3,6-7H,4-5,8-14H2,(H3,18,19,20). The van der Waals surface area contributed by atoms with Gasteiger partial charge in [0.05, 0.1) is 6.54 Å². The minimum Gasteiger partial charge on any atom is -0.381 e. The molecule has 2 aliphatic rings. The van der Waals surface area contributed by atoms with Crippen LogP contribution < -0.4 is 11.1 Å². The molecule has 2 heterocycles. The predicted molar refractivity (Wildman–Crippen MR) is 90.1 cm³/mol. The van der Waals surface area contributed by atoms with E-state index in [1.54, 1.807) is 0 Å². The van der Waals surface area contributed by atoms with E-state index in [-0.39, 0.29) is 5.54 Å². The number of para-hydroxylation sites is 1. The number of rotatable bonds is 4. The molecule has 0 atom stereocenters. The summed E-state index contributed by atoms with van der Waals surface area (Å²) in [5.41, 5.74) is 7.18. The van der Waals surface area contributed by atoms with Crippen molar-refractivity contribution in [3.8, 4) is 0 Å². The molecule has 2 fully saturated rings. The summed E-state index contributed by atoms with van der Waals surface area (Å²) in [4.78, 5) is 7.25. The molecule has 0 amide bonds. The smallest absolute Gasteiger partial charge is 0.193 e. The maximum atomic E-state index is 6.07. The lowest BCUT2D eigenvalue weighted by Gasteiger charge is -2.43. The van der Waals surface area contributed by atoms with Crippen LogP contribution in [0, 0.1) is 0 Å². The average molecular weight is 302 g/mol. The van der Waals surface area contributed by atoms with Crippen LogP contribution in [0.15, 0.2) is 35.3 Å². The van der Waals surface area contributed by atoms with Gasteiger partial charge in [0.2, 0.25) is 0 Å². The first kappa shape index (κ1) is 15.3. The van der Waals surface area contributed by atoms with E-state index in [9.17, 15) is 0 Å². The van der Waals surface area contributed by atoms with Crippen LogP contribution in [0.3, 0.4) is 0 Å². The van der Waals surface area contributed by atoms with Crippen LogP contribution in [-0.4, -0.2) is 49.2 Å². The number of aliphatic imine (C=N–C) groups is 1. The Kier molecular flexibility index (Phi) is 4.95. The molecule has 5 nitrogen and oxygen atoms in total. The van der Waals surface area contributed by atoms with Gasteiger partial charge in [-0.25, -0.2) is 0 Å². The zero-order valence-corrected chi connectivity index (χ0v) is 13.1. The number of benzene rings is 1. The van der Waals surface area contributed by atoms with E-state index in [0.717, 1.165) is 38.3 Å². The normalized spacial score (nSPS) is 22.6. The fourth-order valence-corrected chi connectivity index (χ4v) is 3.46. The van der Waals surface area contributed by atoms with Gasteiger partial charge < -0.3 is 15.8 Å². The molecule has 120 valence electrons. The van der Waals surface area contributed by atoms with Gasteiger partial charge in [-0.1, -0.05) is 18.2 Å². The number of nitrogens with one attached hydrogen (secondary N) is 1. The molecule has 2 saturated heterocycles. The third-order valence-corrected chi connectivity index (χ3v) is 4.79. The Hall–Kier alpha value is -1.59. The second-order valence-electron chi connectivity index (χ2n) is 6.22. The third-order valence-electron chi connectivity index (χ3n) is 4.79. The molecule has 1 aromatic carbocycles. The lowest BCUT2D eigenvalue weighted by atomic mass is 9.88. The van der Waals surface area contributed by atoms with Crippen molar-refractivity contribution in [1.29, 1.82) is 0 Å². The van der Waals surface area contributed by atoms with Gasteiger partial charge in [0.15, 0.2) is 5.96 Å². The number of likely N-dealkylation sites (tertiary alicyclic amines) is 1. The summed E-state index contributed by atoms with van der Waals surface area (Å²) in [6.45, 7) is 4.78. The van der Waals surface area contributed by atoms with Gasteiger partial charge >= 0.3 is 0 Å². The SMILES string of the molecule is NC(=NCC1(N2CCCC2)CCOCC1)Nc1ccccc1. The molecule has 0 saturated carbocycles. The van der Waals surface area contributed by atoms with Crippen molar-refractivity contribution in [1.82, 2.24) is 4.90 Å². The number of anilines is 1. The molecule has 1 aromatic rings. The zero-order chi connectivity index (χ0) is 15.3. The molecule has 5 heteroatoms. The van der Waals surface area contributed by atoms with Gasteiger partial charge in [-0.3, -0.25) is 9.89 Å². The Morgan fingerprint density at radius 2 is 1.86 bits per heavy atom. The first-order chi connectivity index (χ1) is 10.8. The number of nitrogens with two attached hydrogens (primary N) is 1. The average Bonchev–Trinajstić information content (AvgIpc) is 3.10. The first-order valence-corrected chi connectivity index (χ1v) is 8.23. The van der Waals surface area contributed by atoms with Gasteiger partial charge in [-0.05, 0) is 50.9 Å². The summed E-state index contributed by atoms with van der Waals surface area (Å²) >= 11 is 0. The fourth-order valence-electron chi connectivity index (χ4n) is 3.46. The van der Waals surface area contributed by atoms with Crippen LogP contribution in [0.1, 0.15) is 25.7 Å². The third kappa shape index (κ3) is 3.59. The summed E-state index contributed by atoms with van der Waals surface area (Å²) in [7, 11) is 0. The van der Waals surface area contributed by atoms with E-state index in [1.165, 1.54) is 25.9 Å². The molecule has 3 rings (SSSR count). The summed E-state index contributed by atoms with van der Waals surface area (Å²) in [5.74, 6) is 0.497. The highest BCUT2D eigenvalue weighted by Gasteiger charge is 2.39. The van der Waals surface area contributed by atoms with Crippen molar-refractivity contribution in [2.75, 3.05) is 38.2 Å². The van der Waals surface area contributed by atoms with Gasteiger partial charge in [0.1, 0.15) is 0 Å². The predicted octanol–water partition coefficient (Wildman–Crippen LogP) is 2.06. The maximum Gasteiger partial charge on any atom is 0.193 e. The minimum atomic E-state index is 0.137. The van der Waals surface area contributed by atoms with Crippen molar-refractivity contribution >= 4 is 11.6 Å². The lowest BCUT2D eigenvalue weighted by molar-refractivity contribution is -0.0138.